The molecule has 0 radical (unpaired) electrons. The summed E-state index contributed by atoms with van der Waals surface area (Å²) in [6.07, 6.45) is 1.76. The molecule has 4 aromatic rings. The van der Waals surface area contributed by atoms with Crippen molar-refractivity contribution in [1.82, 2.24) is 9.78 Å². The molecule has 0 unspecified atom stereocenters. The third-order valence-electron chi connectivity index (χ3n) is 4.36. The highest BCUT2D eigenvalue weighted by molar-refractivity contribution is 5.99. The smallest absolute Gasteiger partial charge is 0.279 e. The minimum absolute atomic E-state index is 0.248. The Morgan fingerprint density at radius 3 is 2.33 bits per heavy atom. The first kappa shape index (κ1) is 16.8. The minimum atomic E-state index is -0.364. The molecule has 1 aromatic heterocycles. The normalized spacial score (nSPS) is 11.3. The van der Waals surface area contributed by atoms with Crippen molar-refractivity contribution in [3.05, 3.63) is 94.5 Å². The molecule has 0 aliphatic heterocycles. The van der Waals surface area contributed by atoms with Gasteiger partial charge in [-0.1, -0.05) is 42.5 Å². The Bertz CT molecular complexity index is 1210. The Labute approximate surface area is 155 Å². The molecular weight excluding hydrogens is 341 g/mol. The van der Waals surface area contributed by atoms with Gasteiger partial charge >= 0.3 is 0 Å². The standard InChI is InChI=1S/C22H16FN3O/c1-24-14-15-6-2-3-7-18(15)21-19-8-4-5-9-20(19)22(27)26(25-21)17-12-10-16(23)11-13-17/h2-14H,1H3. The van der Waals surface area contributed by atoms with Crippen molar-refractivity contribution >= 4 is 17.0 Å². The molecule has 4 nitrogen and oxygen atoms in total. The highest BCUT2D eigenvalue weighted by Crippen LogP contribution is 2.27. The Morgan fingerprint density at radius 2 is 1.59 bits per heavy atom. The van der Waals surface area contributed by atoms with Crippen LogP contribution in [0.15, 0.2) is 82.6 Å². The van der Waals surface area contributed by atoms with Gasteiger partial charge in [0.2, 0.25) is 0 Å². The van der Waals surface area contributed by atoms with Gasteiger partial charge in [0.05, 0.1) is 11.1 Å². The van der Waals surface area contributed by atoms with Crippen molar-refractivity contribution in [2.75, 3.05) is 7.05 Å². The van der Waals surface area contributed by atoms with E-state index in [1.54, 1.807) is 31.5 Å². The summed E-state index contributed by atoms with van der Waals surface area (Å²) in [5, 5.41) is 5.95. The molecule has 0 aliphatic carbocycles. The van der Waals surface area contributed by atoms with Crippen LogP contribution in [0.4, 0.5) is 4.39 Å². The molecule has 3 aromatic carbocycles. The SMILES string of the molecule is CN=Cc1ccccc1-c1nn(-c2ccc(F)cc2)c(=O)c2ccccc12. The van der Waals surface area contributed by atoms with Gasteiger partial charge in [0.15, 0.2) is 0 Å². The fourth-order valence-corrected chi connectivity index (χ4v) is 3.11. The second-order valence-corrected chi connectivity index (χ2v) is 6.06. The van der Waals surface area contributed by atoms with E-state index in [4.69, 9.17) is 0 Å². The van der Waals surface area contributed by atoms with Crippen LogP contribution >= 0.6 is 0 Å². The quantitative estimate of drug-likeness (QED) is 0.515. The maximum absolute atomic E-state index is 13.3. The Kier molecular flexibility index (Phi) is 4.34. The highest BCUT2D eigenvalue weighted by Gasteiger charge is 2.15. The summed E-state index contributed by atoms with van der Waals surface area (Å²) in [5.41, 5.74) is 2.71. The number of hydrogen-bond acceptors (Lipinski definition) is 3. The lowest BCUT2D eigenvalue weighted by molar-refractivity contribution is 0.626. The van der Waals surface area contributed by atoms with Gasteiger partial charge in [-0.2, -0.15) is 9.78 Å². The van der Waals surface area contributed by atoms with E-state index in [-0.39, 0.29) is 11.4 Å². The third kappa shape index (κ3) is 3.04. The maximum Gasteiger partial charge on any atom is 0.279 e. The first-order chi connectivity index (χ1) is 13.2. The first-order valence-electron chi connectivity index (χ1n) is 8.48. The van der Waals surface area contributed by atoms with E-state index in [9.17, 15) is 9.18 Å². The molecule has 0 fully saturated rings. The van der Waals surface area contributed by atoms with Crippen molar-refractivity contribution in [1.29, 1.82) is 0 Å². The van der Waals surface area contributed by atoms with E-state index in [1.807, 2.05) is 42.5 Å². The van der Waals surface area contributed by atoms with Crippen LogP contribution in [0.3, 0.4) is 0 Å². The predicted octanol–water partition coefficient (Wildman–Crippen LogP) is 4.24. The zero-order valence-electron chi connectivity index (χ0n) is 14.6. The van der Waals surface area contributed by atoms with E-state index in [0.717, 1.165) is 16.5 Å². The predicted molar refractivity (Wildman–Crippen MR) is 106 cm³/mol. The van der Waals surface area contributed by atoms with Crippen molar-refractivity contribution in [3.63, 3.8) is 0 Å². The number of halogens is 1. The van der Waals surface area contributed by atoms with Crippen LogP contribution in [0.25, 0.3) is 27.7 Å². The molecule has 0 bridgehead atoms. The van der Waals surface area contributed by atoms with Gasteiger partial charge in [-0.3, -0.25) is 9.79 Å². The molecule has 27 heavy (non-hydrogen) atoms. The third-order valence-corrected chi connectivity index (χ3v) is 4.36. The number of rotatable bonds is 3. The van der Waals surface area contributed by atoms with Gasteiger partial charge in [0, 0.05) is 29.8 Å². The van der Waals surface area contributed by atoms with Crippen molar-refractivity contribution < 1.29 is 4.39 Å². The molecule has 0 spiro atoms. The summed E-state index contributed by atoms with van der Waals surface area (Å²) < 4.78 is 14.6. The molecule has 0 atom stereocenters. The first-order valence-corrected chi connectivity index (χ1v) is 8.48. The zero-order valence-corrected chi connectivity index (χ0v) is 14.6. The molecule has 0 aliphatic rings. The summed E-state index contributed by atoms with van der Waals surface area (Å²) in [6.45, 7) is 0. The van der Waals surface area contributed by atoms with E-state index in [2.05, 4.69) is 10.1 Å². The van der Waals surface area contributed by atoms with Crippen LogP contribution < -0.4 is 5.56 Å². The van der Waals surface area contributed by atoms with Gasteiger partial charge < -0.3 is 0 Å². The minimum Gasteiger partial charge on any atom is -0.296 e. The summed E-state index contributed by atoms with van der Waals surface area (Å²) in [5.74, 6) is -0.364. The maximum atomic E-state index is 13.3. The monoisotopic (exact) mass is 357 g/mol. The number of aromatic nitrogens is 2. The Balaban J connectivity index is 2.08. The van der Waals surface area contributed by atoms with Crippen molar-refractivity contribution in [3.8, 4) is 16.9 Å². The number of fused-ring (bicyclic) bond motifs is 1. The summed E-state index contributed by atoms with van der Waals surface area (Å²) in [6, 6.07) is 20.8. The lowest BCUT2D eigenvalue weighted by Gasteiger charge is -2.13. The fourth-order valence-electron chi connectivity index (χ4n) is 3.11. The molecule has 0 N–H and O–H groups in total. The molecular formula is C22H16FN3O. The summed E-state index contributed by atoms with van der Waals surface area (Å²) in [4.78, 5) is 17.1. The van der Waals surface area contributed by atoms with Crippen LogP contribution in [0.5, 0.6) is 0 Å². The van der Waals surface area contributed by atoms with Gasteiger partial charge in [0.25, 0.3) is 5.56 Å². The van der Waals surface area contributed by atoms with Gasteiger partial charge in [-0.25, -0.2) is 4.39 Å². The number of benzene rings is 3. The number of aliphatic imine (C=N–C) groups is 1. The molecule has 5 heteroatoms. The van der Waals surface area contributed by atoms with Crippen LogP contribution in [0, 0.1) is 5.82 Å². The highest BCUT2D eigenvalue weighted by atomic mass is 19.1. The lowest BCUT2D eigenvalue weighted by Crippen LogP contribution is -2.22. The van der Waals surface area contributed by atoms with Crippen molar-refractivity contribution in [2.24, 2.45) is 4.99 Å². The van der Waals surface area contributed by atoms with E-state index < -0.39 is 0 Å². The number of nitrogens with zero attached hydrogens (tertiary/aromatic N) is 3. The zero-order chi connectivity index (χ0) is 18.8. The van der Waals surface area contributed by atoms with Crippen molar-refractivity contribution in [2.45, 2.75) is 0 Å². The Morgan fingerprint density at radius 1 is 0.926 bits per heavy atom. The molecule has 4 rings (SSSR count). The largest absolute Gasteiger partial charge is 0.296 e. The Hall–Kier alpha value is -3.60. The van der Waals surface area contributed by atoms with E-state index in [1.165, 1.54) is 16.8 Å². The van der Waals surface area contributed by atoms with Crippen LogP contribution in [-0.2, 0) is 0 Å². The molecule has 0 amide bonds. The molecule has 132 valence electrons. The summed E-state index contributed by atoms with van der Waals surface area (Å²) >= 11 is 0. The van der Waals surface area contributed by atoms with Crippen LogP contribution in [0.1, 0.15) is 5.56 Å². The average Bonchev–Trinajstić information content (AvgIpc) is 2.70. The van der Waals surface area contributed by atoms with Gasteiger partial charge in [-0.15, -0.1) is 0 Å². The number of hydrogen-bond donors (Lipinski definition) is 0. The average molecular weight is 357 g/mol. The summed E-state index contributed by atoms with van der Waals surface area (Å²) in [7, 11) is 1.71. The second-order valence-electron chi connectivity index (χ2n) is 6.06. The van der Waals surface area contributed by atoms with Crippen LogP contribution in [0.2, 0.25) is 0 Å². The lowest BCUT2D eigenvalue weighted by atomic mass is 10.0. The topological polar surface area (TPSA) is 47.2 Å². The molecule has 0 saturated heterocycles. The van der Waals surface area contributed by atoms with E-state index in [0.29, 0.717) is 16.8 Å². The van der Waals surface area contributed by atoms with E-state index >= 15 is 0 Å². The fraction of sp³-hybridized carbons (Fsp3) is 0.0455. The van der Waals surface area contributed by atoms with Gasteiger partial charge in [-0.05, 0) is 30.3 Å². The van der Waals surface area contributed by atoms with Crippen LogP contribution in [-0.4, -0.2) is 23.0 Å². The molecule has 0 saturated carbocycles. The molecule has 1 heterocycles. The van der Waals surface area contributed by atoms with Gasteiger partial charge in [0.1, 0.15) is 11.5 Å². The second kappa shape index (κ2) is 6.96.